The fourth-order valence-electron chi connectivity index (χ4n) is 3.47. The first kappa shape index (κ1) is 27.3. The van der Waals surface area contributed by atoms with Gasteiger partial charge in [-0.25, -0.2) is 17.9 Å². The SMILES string of the molecule is COc1ccc(C(=O)OCC(=O)Nc2c(C(C)C)cccc2C(C)C)cc1S(=O)(=O)NC(C)C. The quantitative estimate of drug-likeness (QED) is 0.477. The molecule has 2 aromatic rings. The average molecular weight is 491 g/mol. The van der Waals surface area contributed by atoms with Crippen LogP contribution < -0.4 is 14.8 Å². The maximum atomic E-state index is 12.6. The van der Waals surface area contributed by atoms with Crippen LogP contribution in [-0.4, -0.2) is 40.1 Å². The summed E-state index contributed by atoms with van der Waals surface area (Å²) in [7, 11) is -2.58. The summed E-state index contributed by atoms with van der Waals surface area (Å²) in [6.45, 7) is 11.0. The van der Waals surface area contributed by atoms with Crippen LogP contribution in [0.3, 0.4) is 0 Å². The number of para-hydroxylation sites is 1. The van der Waals surface area contributed by atoms with Crippen molar-refractivity contribution in [1.29, 1.82) is 0 Å². The van der Waals surface area contributed by atoms with Gasteiger partial charge in [-0.1, -0.05) is 45.9 Å². The van der Waals surface area contributed by atoms with Crippen molar-refractivity contribution in [3.63, 3.8) is 0 Å². The molecule has 2 aromatic carbocycles. The minimum absolute atomic E-state index is 0.0109. The van der Waals surface area contributed by atoms with Gasteiger partial charge in [-0.3, -0.25) is 4.79 Å². The van der Waals surface area contributed by atoms with Gasteiger partial charge in [0.2, 0.25) is 10.0 Å². The van der Waals surface area contributed by atoms with Crippen molar-refractivity contribution in [3.8, 4) is 5.75 Å². The van der Waals surface area contributed by atoms with Gasteiger partial charge in [0.1, 0.15) is 10.6 Å². The molecule has 0 aliphatic carbocycles. The van der Waals surface area contributed by atoms with Crippen LogP contribution >= 0.6 is 0 Å². The molecule has 0 saturated carbocycles. The number of rotatable bonds is 10. The van der Waals surface area contributed by atoms with E-state index in [0.29, 0.717) is 0 Å². The number of nitrogens with one attached hydrogen (secondary N) is 2. The van der Waals surface area contributed by atoms with E-state index < -0.39 is 28.5 Å². The molecule has 0 saturated heterocycles. The van der Waals surface area contributed by atoms with Crippen molar-refractivity contribution in [3.05, 3.63) is 53.1 Å². The van der Waals surface area contributed by atoms with Crippen molar-refractivity contribution in [2.24, 2.45) is 0 Å². The number of methoxy groups -OCH3 is 1. The lowest BCUT2D eigenvalue weighted by Gasteiger charge is -2.20. The first-order valence-electron chi connectivity index (χ1n) is 11.2. The average Bonchev–Trinajstić information content (AvgIpc) is 2.75. The molecule has 34 heavy (non-hydrogen) atoms. The predicted octanol–water partition coefficient (Wildman–Crippen LogP) is 4.42. The topological polar surface area (TPSA) is 111 Å². The third kappa shape index (κ3) is 6.80. The van der Waals surface area contributed by atoms with Crippen LogP contribution in [0.2, 0.25) is 0 Å². The minimum Gasteiger partial charge on any atom is -0.495 e. The number of hydrogen-bond donors (Lipinski definition) is 2. The maximum Gasteiger partial charge on any atom is 0.338 e. The number of carbonyl (C=O) groups excluding carboxylic acids is 2. The molecule has 0 bridgehead atoms. The highest BCUT2D eigenvalue weighted by Crippen LogP contribution is 2.32. The molecule has 0 heterocycles. The zero-order valence-corrected chi connectivity index (χ0v) is 21.6. The molecule has 0 fully saturated rings. The van der Waals surface area contributed by atoms with Gasteiger partial charge in [-0.15, -0.1) is 0 Å². The summed E-state index contributed by atoms with van der Waals surface area (Å²) in [6.07, 6.45) is 0. The molecule has 1 amide bonds. The fraction of sp³-hybridized carbons (Fsp3) is 0.440. The standard InChI is InChI=1S/C25H34N2O6S/c1-15(2)19-9-8-10-20(16(3)4)24(19)26-23(28)14-33-25(29)18-11-12-21(32-7)22(13-18)34(30,31)27-17(5)6/h8-13,15-17,27H,14H2,1-7H3,(H,26,28). The Balaban J connectivity index is 2.20. The van der Waals surface area contributed by atoms with E-state index in [2.05, 4.69) is 10.0 Å². The second-order valence-corrected chi connectivity index (χ2v) is 10.6. The lowest BCUT2D eigenvalue weighted by atomic mass is 9.92. The Hall–Kier alpha value is -2.91. The normalized spacial score (nSPS) is 11.7. The number of esters is 1. The van der Waals surface area contributed by atoms with Crippen LogP contribution in [0.5, 0.6) is 5.75 Å². The Morgan fingerprint density at radius 1 is 0.941 bits per heavy atom. The van der Waals surface area contributed by atoms with Crippen LogP contribution in [0.25, 0.3) is 0 Å². The van der Waals surface area contributed by atoms with E-state index in [4.69, 9.17) is 9.47 Å². The largest absolute Gasteiger partial charge is 0.495 e. The second-order valence-electron chi connectivity index (χ2n) is 8.89. The molecular weight excluding hydrogens is 456 g/mol. The number of carbonyl (C=O) groups is 2. The molecule has 2 rings (SSSR count). The van der Waals surface area contributed by atoms with Crippen molar-refractivity contribution < 1.29 is 27.5 Å². The highest BCUT2D eigenvalue weighted by Gasteiger charge is 2.23. The van der Waals surface area contributed by atoms with Gasteiger partial charge in [0.15, 0.2) is 6.61 Å². The summed E-state index contributed by atoms with van der Waals surface area (Å²) >= 11 is 0. The summed E-state index contributed by atoms with van der Waals surface area (Å²) in [5, 5.41) is 2.88. The van der Waals surface area contributed by atoms with Crippen molar-refractivity contribution in [1.82, 2.24) is 4.72 Å². The van der Waals surface area contributed by atoms with Gasteiger partial charge in [-0.2, -0.15) is 0 Å². The number of ether oxygens (including phenoxy) is 2. The monoisotopic (exact) mass is 490 g/mol. The predicted molar refractivity (Wildman–Crippen MR) is 132 cm³/mol. The van der Waals surface area contributed by atoms with Gasteiger partial charge in [-0.05, 0) is 55.0 Å². The van der Waals surface area contributed by atoms with E-state index in [-0.39, 0.29) is 34.1 Å². The zero-order chi connectivity index (χ0) is 25.6. The number of amides is 1. The molecule has 0 spiro atoms. The van der Waals surface area contributed by atoms with E-state index in [0.717, 1.165) is 16.8 Å². The lowest BCUT2D eigenvalue weighted by Crippen LogP contribution is -2.30. The smallest absolute Gasteiger partial charge is 0.338 e. The molecule has 8 nitrogen and oxygen atoms in total. The Bertz CT molecular complexity index is 1110. The van der Waals surface area contributed by atoms with Gasteiger partial charge < -0.3 is 14.8 Å². The van der Waals surface area contributed by atoms with Gasteiger partial charge >= 0.3 is 5.97 Å². The highest BCUT2D eigenvalue weighted by atomic mass is 32.2. The zero-order valence-electron chi connectivity index (χ0n) is 20.8. The van der Waals surface area contributed by atoms with Crippen LogP contribution in [0, 0.1) is 0 Å². The van der Waals surface area contributed by atoms with Crippen LogP contribution in [0.1, 0.15) is 74.9 Å². The van der Waals surface area contributed by atoms with Crippen LogP contribution in [0.15, 0.2) is 41.3 Å². The first-order valence-corrected chi connectivity index (χ1v) is 12.7. The minimum atomic E-state index is -3.92. The molecule has 186 valence electrons. The lowest BCUT2D eigenvalue weighted by molar-refractivity contribution is -0.119. The van der Waals surface area contributed by atoms with Crippen molar-refractivity contribution in [2.45, 2.75) is 64.3 Å². The molecule has 0 aromatic heterocycles. The molecule has 0 unspecified atom stereocenters. The van der Waals surface area contributed by atoms with Crippen LogP contribution in [0.4, 0.5) is 5.69 Å². The molecule has 0 atom stereocenters. The summed E-state index contributed by atoms with van der Waals surface area (Å²) in [4.78, 5) is 25.0. The maximum absolute atomic E-state index is 12.6. The molecule has 0 aliphatic rings. The highest BCUT2D eigenvalue weighted by molar-refractivity contribution is 7.89. The Labute approximate surface area is 202 Å². The molecule has 9 heteroatoms. The van der Waals surface area contributed by atoms with Crippen LogP contribution in [-0.2, 0) is 19.6 Å². The van der Waals surface area contributed by atoms with Crippen molar-refractivity contribution >= 4 is 27.6 Å². The van der Waals surface area contributed by atoms with Crippen molar-refractivity contribution in [2.75, 3.05) is 19.0 Å². The molecular formula is C25H34N2O6S. The summed E-state index contributed by atoms with van der Waals surface area (Å²) in [5.41, 5.74) is 2.70. The van der Waals surface area contributed by atoms with E-state index in [1.807, 2.05) is 45.9 Å². The van der Waals surface area contributed by atoms with Gasteiger partial charge in [0, 0.05) is 11.7 Å². The number of hydrogen-bond acceptors (Lipinski definition) is 6. The third-order valence-electron chi connectivity index (χ3n) is 5.05. The Morgan fingerprint density at radius 2 is 1.53 bits per heavy atom. The molecule has 0 radical (unpaired) electrons. The Kier molecular flexibility index (Phi) is 9.23. The number of sulfonamides is 1. The summed E-state index contributed by atoms with van der Waals surface area (Å²) in [5.74, 6) is -0.827. The van der Waals surface area contributed by atoms with E-state index >= 15 is 0 Å². The van der Waals surface area contributed by atoms with Gasteiger partial charge in [0.05, 0.1) is 12.7 Å². The molecule has 2 N–H and O–H groups in total. The summed E-state index contributed by atoms with van der Waals surface area (Å²) in [6, 6.07) is 9.47. The van der Waals surface area contributed by atoms with E-state index in [9.17, 15) is 18.0 Å². The van der Waals surface area contributed by atoms with E-state index in [1.54, 1.807) is 13.8 Å². The first-order chi connectivity index (χ1) is 15.9. The second kappa shape index (κ2) is 11.5. The fourth-order valence-corrected chi connectivity index (χ4v) is 4.92. The summed E-state index contributed by atoms with van der Waals surface area (Å²) < 4.78 is 38.0. The van der Waals surface area contributed by atoms with Gasteiger partial charge in [0.25, 0.3) is 5.91 Å². The Morgan fingerprint density at radius 3 is 2.03 bits per heavy atom. The number of anilines is 1. The molecule has 0 aliphatic heterocycles. The number of benzene rings is 2. The third-order valence-corrected chi connectivity index (χ3v) is 6.73. The van der Waals surface area contributed by atoms with E-state index in [1.165, 1.54) is 25.3 Å².